The molecule has 3 rings (SSSR count). The molecule has 2 heterocycles. The van der Waals surface area contributed by atoms with Crippen LogP contribution in [0.15, 0.2) is 48.8 Å². The Bertz CT molecular complexity index is 745. The zero-order valence-corrected chi connectivity index (χ0v) is 11.1. The quantitative estimate of drug-likeness (QED) is 0.682. The lowest BCUT2D eigenvalue weighted by Gasteiger charge is -2.04. The minimum Gasteiger partial charge on any atom is -0.497 e. The second-order valence-electron chi connectivity index (χ2n) is 4.57. The van der Waals surface area contributed by atoms with Crippen LogP contribution in [0.1, 0.15) is 21.7 Å². The molecule has 0 aliphatic carbocycles. The van der Waals surface area contributed by atoms with Gasteiger partial charge in [-0.15, -0.1) is 0 Å². The summed E-state index contributed by atoms with van der Waals surface area (Å²) in [6.45, 7) is 0. The second kappa shape index (κ2) is 5.17. The summed E-state index contributed by atoms with van der Waals surface area (Å²) in [6.07, 6.45) is 5.24. The predicted octanol–water partition coefficient (Wildman–Crippen LogP) is 2.75. The van der Waals surface area contributed by atoms with E-state index in [4.69, 9.17) is 4.74 Å². The molecule has 0 bridgehead atoms. The molecule has 0 amide bonds. The third kappa shape index (κ3) is 2.28. The highest BCUT2D eigenvalue weighted by Crippen LogP contribution is 2.16. The molecule has 0 fully saturated rings. The molecule has 0 aliphatic heterocycles. The van der Waals surface area contributed by atoms with E-state index in [1.807, 2.05) is 40.9 Å². The number of methoxy groups -OCH3 is 1. The maximum Gasteiger partial charge on any atom is 0.150 e. The summed E-state index contributed by atoms with van der Waals surface area (Å²) in [6, 6.07) is 11.6. The Balaban J connectivity index is 1.91. The summed E-state index contributed by atoms with van der Waals surface area (Å²) in [5, 5.41) is 0. The van der Waals surface area contributed by atoms with Crippen LogP contribution in [-0.4, -0.2) is 22.8 Å². The number of ether oxygens (including phenoxy) is 1. The van der Waals surface area contributed by atoms with Crippen LogP contribution >= 0.6 is 0 Å². The van der Waals surface area contributed by atoms with Crippen LogP contribution < -0.4 is 4.74 Å². The fourth-order valence-corrected chi connectivity index (χ4v) is 2.20. The Hall–Kier alpha value is -2.62. The van der Waals surface area contributed by atoms with Gasteiger partial charge in [0.25, 0.3) is 0 Å². The third-order valence-electron chi connectivity index (χ3n) is 3.29. The number of hydrogen-bond donors (Lipinski definition) is 0. The summed E-state index contributed by atoms with van der Waals surface area (Å²) >= 11 is 0. The fraction of sp³-hybridized carbons (Fsp3) is 0.125. The van der Waals surface area contributed by atoms with Crippen molar-refractivity contribution >= 4 is 11.8 Å². The van der Waals surface area contributed by atoms with Gasteiger partial charge in [0, 0.05) is 18.2 Å². The van der Waals surface area contributed by atoms with Crippen molar-refractivity contribution in [2.75, 3.05) is 7.11 Å². The summed E-state index contributed by atoms with van der Waals surface area (Å²) in [7, 11) is 1.65. The zero-order valence-electron chi connectivity index (χ0n) is 11.1. The van der Waals surface area contributed by atoms with Crippen molar-refractivity contribution < 1.29 is 9.53 Å². The number of imidazole rings is 1. The van der Waals surface area contributed by atoms with Gasteiger partial charge < -0.3 is 9.14 Å². The first kappa shape index (κ1) is 12.4. The van der Waals surface area contributed by atoms with E-state index in [2.05, 4.69) is 4.98 Å². The van der Waals surface area contributed by atoms with Gasteiger partial charge >= 0.3 is 0 Å². The maximum absolute atomic E-state index is 10.8. The smallest absolute Gasteiger partial charge is 0.150 e. The van der Waals surface area contributed by atoms with Crippen molar-refractivity contribution in [3.8, 4) is 5.75 Å². The van der Waals surface area contributed by atoms with Gasteiger partial charge in [0.05, 0.1) is 18.8 Å². The summed E-state index contributed by atoms with van der Waals surface area (Å²) in [5.41, 5.74) is 2.75. The van der Waals surface area contributed by atoms with Gasteiger partial charge in [-0.25, -0.2) is 4.98 Å². The predicted molar refractivity (Wildman–Crippen MR) is 76.4 cm³/mol. The van der Waals surface area contributed by atoms with Crippen LogP contribution in [0.3, 0.4) is 0 Å². The minimum atomic E-state index is 0.661. The Morgan fingerprint density at radius 1 is 1.25 bits per heavy atom. The van der Waals surface area contributed by atoms with Crippen LogP contribution in [-0.2, 0) is 6.42 Å². The molecule has 100 valence electrons. The highest BCUT2D eigenvalue weighted by Gasteiger charge is 2.05. The lowest BCUT2D eigenvalue weighted by molar-refractivity contribution is 0.112. The summed E-state index contributed by atoms with van der Waals surface area (Å²) < 4.78 is 7.14. The van der Waals surface area contributed by atoms with Crippen molar-refractivity contribution in [1.82, 2.24) is 9.38 Å². The Labute approximate surface area is 116 Å². The highest BCUT2D eigenvalue weighted by molar-refractivity contribution is 5.77. The third-order valence-corrected chi connectivity index (χ3v) is 3.29. The lowest BCUT2D eigenvalue weighted by atomic mass is 10.1. The van der Waals surface area contributed by atoms with Gasteiger partial charge in [0.15, 0.2) is 0 Å². The van der Waals surface area contributed by atoms with E-state index in [1.54, 1.807) is 19.4 Å². The molecule has 0 unspecified atom stereocenters. The normalized spacial score (nSPS) is 10.7. The monoisotopic (exact) mass is 266 g/mol. The van der Waals surface area contributed by atoms with Crippen LogP contribution in [0, 0.1) is 0 Å². The molecule has 1 aromatic carbocycles. The number of aromatic nitrogens is 2. The standard InChI is InChI=1S/C16H14N2O2/c1-20-15-4-2-12(3-5-15)9-16-17-10-14-8-13(11-19)6-7-18(14)16/h2-8,10-11H,9H2,1H3. The lowest BCUT2D eigenvalue weighted by Crippen LogP contribution is -1.97. The van der Waals surface area contributed by atoms with E-state index in [1.165, 1.54) is 0 Å². The number of nitrogens with zero attached hydrogens (tertiary/aromatic N) is 2. The van der Waals surface area contributed by atoms with Crippen molar-refractivity contribution in [2.45, 2.75) is 6.42 Å². The molecule has 0 spiro atoms. The van der Waals surface area contributed by atoms with Gasteiger partial charge in [0.2, 0.25) is 0 Å². The second-order valence-corrected chi connectivity index (χ2v) is 4.57. The van der Waals surface area contributed by atoms with E-state index in [9.17, 15) is 4.79 Å². The van der Waals surface area contributed by atoms with Crippen molar-refractivity contribution in [2.24, 2.45) is 0 Å². The van der Waals surface area contributed by atoms with Gasteiger partial charge in [0.1, 0.15) is 17.9 Å². The fourth-order valence-electron chi connectivity index (χ4n) is 2.20. The van der Waals surface area contributed by atoms with E-state index in [-0.39, 0.29) is 0 Å². The topological polar surface area (TPSA) is 43.6 Å². The maximum atomic E-state index is 10.8. The van der Waals surface area contributed by atoms with Gasteiger partial charge in [-0.2, -0.15) is 0 Å². The summed E-state index contributed by atoms with van der Waals surface area (Å²) in [5.74, 6) is 1.79. The van der Waals surface area contributed by atoms with Gasteiger partial charge in [-0.3, -0.25) is 4.79 Å². The van der Waals surface area contributed by atoms with Crippen molar-refractivity contribution in [1.29, 1.82) is 0 Å². The highest BCUT2D eigenvalue weighted by atomic mass is 16.5. The zero-order chi connectivity index (χ0) is 13.9. The number of carbonyl (C=O) groups is 1. The molecule has 0 N–H and O–H groups in total. The Morgan fingerprint density at radius 3 is 2.75 bits per heavy atom. The average Bonchev–Trinajstić information content (AvgIpc) is 2.90. The number of carbonyl (C=O) groups excluding carboxylic acids is 1. The first-order valence-corrected chi connectivity index (χ1v) is 6.34. The first-order valence-electron chi connectivity index (χ1n) is 6.34. The molecule has 2 aromatic heterocycles. The van der Waals surface area contributed by atoms with Crippen LogP contribution in [0.4, 0.5) is 0 Å². The molecule has 0 atom stereocenters. The molecule has 4 nitrogen and oxygen atoms in total. The van der Waals surface area contributed by atoms with Crippen molar-refractivity contribution in [3.63, 3.8) is 0 Å². The molecule has 0 saturated heterocycles. The number of benzene rings is 1. The van der Waals surface area contributed by atoms with Crippen LogP contribution in [0.5, 0.6) is 5.75 Å². The SMILES string of the molecule is COc1ccc(Cc2ncc3cc(C=O)ccn23)cc1. The molecule has 0 aliphatic rings. The average molecular weight is 266 g/mol. The molecular weight excluding hydrogens is 252 g/mol. The minimum absolute atomic E-state index is 0.661. The van der Waals surface area contributed by atoms with E-state index in [0.717, 1.165) is 35.4 Å². The largest absolute Gasteiger partial charge is 0.497 e. The van der Waals surface area contributed by atoms with Gasteiger partial charge in [-0.1, -0.05) is 12.1 Å². The Morgan fingerprint density at radius 2 is 2.05 bits per heavy atom. The molecule has 0 saturated carbocycles. The first-order chi connectivity index (χ1) is 9.80. The molecule has 0 radical (unpaired) electrons. The molecule has 4 heteroatoms. The van der Waals surface area contributed by atoms with E-state index >= 15 is 0 Å². The number of aldehydes is 1. The van der Waals surface area contributed by atoms with Crippen LogP contribution in [0.25, 0.3) is 5.52 Å². The summed E-state index contributed by atoms with van der Waals surface area (Å²) in [4.78, 5) is 15.2. The number of hydrogen-bond acceptors (Lipinski definition) is 3. The molecular formula is C16H14N2O2. The molecule has 20 heavy (non-hydrogen) atoms. The van der Waals surface area contributed by atoms with Crippen LogP contribution in [0.2, 0.25) is 0 Å². The molecule has 3 aromatic rings. The van der Waals surface area contributed by atoms with E-state index in [0.29, 0.717) is 5.56 Å². The number of fused-ring (bicyclic) bond motifs is 1. The Kier molecular flexibility index (Phi) is 3.21. The number of rotatable bonds is 4. The van der Waals surface area contributed by atoms with E-state index < -0.39 is 0 Å². The van der Waals surface area contributed by atoms with Gasteiger partial charge in [-0.05, 0) is 29.8 Å². The van der Waals surface area contributed by atoms with Crippen molar-refractivity contribution in [3.05, 3.63) is 65.7 Å². The number of pyridine rings is 1.